The summed E-state index contributed by atoms with van der Waals surface area (Å²) in [7, 11) is 0. The van der Waals surface area contributed by atoms with E-state index in [1.807, 2.05) is 0 Å². The molecule has 0 spiro atoms. The number of benzene rings is 1. The quantitative estimate of drug-likeness (QED) is 0.928. The third-order valence-corrected chi connectivity index (χ3v) is 4.02. The van der Waals surface area contributed by atoms with Gasteiger partial charge in [-0.1, -0.05) is 28.1 Å². The maximum absolute atomic E-state index is 11.1. The minimum absolute atomic E-state index is 0.0271. The van der Waals surface area contributed by atoms with Crippen LogP contribution in [-0.4, -0.2) is 23.9 Å². The Hall–Kier alpha value is -0.870. The van der Waals surface area contributed by atoms with Gasteiger partial charge in [0, 0.05) is 17.6 Å². The minimum Gasteiger partial charge on any atom is -0.369 e. The summed E-state index contributed by atoms with van der Waals surface area (Å²) >= 11 is 3.58. The van der Waals surface area contributed by atoms with E-state index in [0.717, 1.165) is 30.5 Å². The van der Waals surface area contributed by atoms with Crippen molar-refractivity contribution in [2.45, 2.75) is 19.9 Å². The van der Waals surface area contributed by atoms with Crippen LogP contribution in [0.5, 0.6) is 0 Å². The van der Waals surface area contributed by atoms with Gasteiger partial charge in [-0.3, -0.25) is 9.69 Å². The molecule has 2 rings (SSSR count). The second-order valence-electron chi connectivity index (χ2n) is 4.72. The molecule has 0 radical (unpaired) electrons. The van der Waals surface area contributed by atoms with Crippen LogP contribution in [0.15, 0.2) is 22.7 Å². The molecule has 1 unspecified atom stereocenters. The maximum atomic E-state index is 11.1. The van der Waals surface area contributed by atoms with Gasteiger partial charge >= 0.3 is 0 Å². The first-order valence-corrected chi connectivity index (χ1v) is 6.62. The average Bonchev–Trinajstić information content (AvgIpc) is 2.71. The zero-order chi connectivity index (χ0) is 12.4. The Labute approximate surface area is 110 Å². The lowest BCUT2D eigenvalue weighted by Crippen LogP contribution is -2.27. The zero-order valence-corrected chi connectivity index (χ0v) is 11.5. The Morgan fingerprint density at radius 3 is 2.94 bits per heavy atom. The molecule has 92 valence electrons. The monoisotopic (exact) mass is 296 g/mol. The highest BCUT2D eigenvalue weighted by atomic mass is 79.9. The Bertz CT molecular complexity index is 433. The first kappa shape index (κ1) is 12.6. The number of halogens is 1. The first-order valence-electron chi connectivity index (χ1n) is 5.83. The number of hydrogen-bond donors (Lipinski definition) is 1. The van der Waals surface area contributed by atoms with E-state index in [4.69, 9.17) is 5.73 Å². The predicted molar refractivity (Wildman–Crippen MR) is 71.5 cm³/mol. The lowest BCUT2D eigenvalue weighted by Gasteiger charge is -2.16. The largest absolute Gasteiger partial charge is 0.369 e. The number of carbonyl (C=O) groups is 1. The van der Waals surface area contributed by atoms with E-state index in [-0.39, 0.29) is 11.8 Å². The summed E-state index contributed by atoms with van der Waals surface area (Å²) in [5.74, 6) is -0.144. The van der Waals surface area contributed by atoms with Crippen molar-refractivity contribution < 1.29 is 4.79 Å². The summed E-state index contributed by atoms with van der Waals surface area (Å²) < 4.78 is 1.14. The highest BCUT2D eigenvalue weighted by Crippen LogP contribution is 2.23. The van der Waals surface area contributed by atoms with E-state index in [2.05, 4.69) is 46.0 Å². The third-order valence-electron chi connectivity index (χ3n) is 3.28. The molecular formula is C13H17BrN2O. The molecule has 1 aromatic rings. The van der Waals surface area contributed by atoms with Gasteiger partial charge in [0.1, 0.15) is 0 Å². The Morgan fingerprint density at radius 2 is 2.35 bits per heavy atom. The van der Waals surface area contributed by atoms with Crippen molar-refractivity contribution >= 4 is 21.8 Å². The van der Waals surface area contributed by atoms with Crippen molar-refractivity contribution in [2.75, 3.05) is 13.1 Å². The number of rotatable bonds is 3. The number of aryl methyl sites for hydroxylation is 1. The van der Waals surface area contributed by atoms with Gasteiger partial charge in [-0.2, -0.15) is 0 Å². The molecular weight excluding hydrogens is 280 g/mol. The molecule has 1 heterocycles. The molecule has 0 aliphatic carbocycles. The van der Waals surface area contributed by atoms with Crippen molar-refractivity contribution in [3.05, 3.63) is 33.8 Å². The number of likely N-dealkylation sites (tertiary alicyclic amines) is 1. The number of hydrogen-bond acceptors (Lipinski definition) is 2. The minimum atomic E-state index is -0.171. The molecule has 17 heavy (non-hydrogen) atoms. The van der Waals surface area contributed by atoms with E-state index in [1.165, 1.54) is 11.1 Å². The number of amides is 1. The van der Waals surface area contributed by atoms with E-state index in [1.54, 1.807) is 0 Å². The van der Waals surface area contributed by atoms with Crippen LogP contribution in [0.2, 0.25) is 0 Å². The fourth-order valence-corrected chi connectivity index (χ4v) is 2.85. The van der Waals surface area contributed by atoms with Gasteiger partial charge in [0.15, 0.2) is 0 Å². The zero-order valence-electron chi connectivity index (χ0n) is 9.95. The molecule has 0 saturated carbocycles. The van der Waals surface area contributed by atoms with Crippen LogP contribution in [0.4, 0.5) is 0 Å². The summed E-state index contributed by atoms with van der Waals surface area (Å²) in [5, 5.41) is 0. The second-order valence-corrected chi connectivity index (χ2v) is 5.57. The molecule has 3 nitrogen and oxygen atoms in total. The molecule has 0 aromatic heterocycles. The molecule has 1 fully saturated rings. The van der Waals surface area contributed by atoms with Gasteiger partial charge < -0.3 is 5.73 Å². The standard InChI is InChI=1S/C13H17BrN2O/c1-9-2-3-10(12(14)6-9)7-16-5-4-11(8-16)13(15)17/h2-3,6,11H,4-5,7-8H2,1H3,(H2,15,17). The highest BCUT2D eigenvalue weighted by molar-refractivity contribution is 9.10. The van der Waals surface area contributed by atoms with Crippen molar-refractivity contribution in [2.24, 2.45) is 11.7 Å². The summed E-state index contributed by atoms with van der Waals surface area (Å²) in [6, 6.07) is 6.37. The van der Waals surface area contributed by atoms with Crippen LogP contribution < -0.4 is 5.73 Å². The van der Waals surface area contributed by atoms with Gasteiger partial charge in [0.2, 0.25) is 5.91 Å². The number of nitrogens with zero attached hydrogens (tertiary/aromatic N) is 1. The number of carbonyl (C=O) groups excluding carboxylic acids is 1. The fourth-order valence-electron chi connectivity index (χ4n) is 2.23. The van der Waals surface area contributed by atoms with Gasteiger partial charge in [-0.05, 0) is 37.1 Å². The molecule has 1 amide bonds. The van der Waals surface area contributed by atoms with Crippen LogP contribution in [0, 0.1) is 12.8 Å². The Kier molecular flexibility index (Phi) is 3.84. The predicted octanol–water partition coefficient (Wildman–Crippen LogP) is 2.06. The fraction of sp³-hybridized carbons (Fsp3) is 0.462. The van der Waals surface area contributed by atoms with Gasteiger partial charge in [0.25, 0.3) is 0 Å². The van der Waals surface area contributed by atoms with Gasteiger partial charge in [-0.25, -0.2) is 0 Å². The van der Waals surface area contributed by atoms with Crippen molar-refractivity contribution in [1.29, 1.82) is 0 Å². The molecule has 0 bridgehead atoms. The van der Waals surface area contributed by atoms with Crippen LogP contribution in [0.25, 0.3) is 0 Å². The Morgan fingerprint density at radius 1 is 1.59 bits per heavy atom. The second kappa shape index (κ2) is 5.19. The molecule has 1 aromatic carbocycles. The SMILES string of the molecule is Cc1ccc(CN2CCC(C(N)=O)C2)c(Br)c1. The molecule has 1 aliphatic rings. The maximum Gasteiger partial charge on any atom is 0.221 e. The van der Waals surface area contributed by atoms with Crippen molar-refractivity contribution in [3.8, 4) is 0 Å². The van der Waals surface area contributed by atoms with Crippen LogP contribution >= 0.6 is 15.9 Å². The third kappa shape index (κ3) is 3.07. The van der Waals surface area contributed by atoms with E-state index in [0.29, 0.717) is 0 Å². The van der Waals surface area contributed by atoms with Crippen molar-refractivity contribution in [3.63, 3.8) is 0 Å². The smallest absolute Gasteiger partial charge is 0.221 e. The van der Waals surface area contributed by atoms with Crippen molar-refractivity contribution in [1.82, 2.24) is 4.90 Å². The van der Waals surface area contributed by atoms with Crippen LogP contribution in [0.1, 0.15) is 17.5 Å². The average molecular weight is 297 g/mol. The highest BCUT2D eigenvalue weighted by Gasteiger charge is 2.26. The lowest BCUT2D eigenvalue weighted by atomic mass is 10.1. The number of primary amides is 1. The summed E-state index contributed by atoms with van der Waals surface area (Å²) in [6.45, 7) is 4.70. The van der Waals surface area contributed by atoms with E-state index >= 15 is 0 Å². The van der Waals surface area contributed by atoms with E-state index in [9.17, 15) is 4.79 Å². The Balaban J connectivity index is 2.00. The summed E-state index contributed by atoms with van der Waals surface area (Å²) in [4.78, 5) is 13.4. The normalized spacial score (nSPS) is 20.7. The van der Waals surface area contributed by atoms with Crippen LogP contribution in [-0.2, 0) is 11.3 Å². The molecule has 2 N–H and O–H groups in total. The van der Waals surface area contributed by atoms with Gasteiger partial charge in [0.05, 0.1) is 5.92 Å². The number of nitrogens with two attached hydrogens (primary N) is 1. The first-order chi connectivity index (χ1) is 8.06. The van der Waals surface area contributed by atoms with Crippen LogP contribution in [0.3, 0.4) is 0 Å². The summed E-state index contributed by atoms with van der Waals surface area (Å²) in [5.41, 5.74) is 7.84. The molecule has 4 heteroatoms. The topological polar surface area (TPSA) is 46.3 Å². The lowest BCUT2D eigenvalue weighted by molar-refractivity contribution is -0.121. The molecule has 1 aliphatic heterocycles. The van der Waals surface area contributed by atoms with Gasteiger partial charge in [-0.15, -0.1) is 0 Å². The molecule has 1 saturated heterocycles. The summed E-state index contributed by atoms with van der Waals surface area (Å²) in [6.07, 6.45) is 0.888. The van der Waals surface area contributed by atoms with E-state index < -0.39 is 0 Å². The molecule has 1 atom stereocenters.